The number of halogens is 2. The third-order valence-electron chi connectivity index (χ3n) is 5.67. The van der Waals surface area contributed by atoms with Crippen LogP contribution in [0.4, 0.5) is 5.69 Å². The Kier molecular flexibility index (Phi) is 10.0. The SMILES string of the molecule is C[C@H](Oc1ccc([N+](=O)[O-])cc1)C(=O)N/N=C\c1ccc(OC(=O)c2ccc(Cl)cc2)cc1OC(=O)c1ccc(Cl)cc1. The maximum Gasteiger partial charge on any atom is 0.343 e. The zero-order valence-corrected chi connectivity index (χ0v) is 23.7. The van der Waals surface area contributed by atoms with Crippen molar-refractivity contribution in [3.63, 3.8) is 0 Å². The number of carbonyl (C=O) groups excluding carboxylic acids is 3. The van der Waals surface area contributed by atoms with Gasteiger partial charge >= 0.3 is 11.9 Å². The second kappa shape index (κ2) is 14.1. The Morgan fingerprint density at radius 2 is 1.35 bits per heavy atom. The summed E-state index contributed by atoms with van der Waals surface area (Å²) in [5.74, 6) is -1.70. The van der Waals surface area contributed by atoms with Crippen LogP contribution in [-0.4, -0.2) is 35.1 Å². The first-order valence-electron chi connectivity index (χ1n) is 12.4. The first kappa shape index (κ1) is 30.7. The maximum absolute atomic E-state index is 12.8. The minimum absolute atomic E-state index is 0.0190. The molecule has 43 heavy (non-hydrogen) atoms. The average Bonchev–Trinajstić information content (AvgIpc) is 2.99. The smallest absolute Gasteiger partial charge is 0.343 e. The van der Waals surface area contributed by atoms with Crippen LogP contribution in [0, 0.1) is 10.1 Å². The molecule has 0 heterocycles. The lowest BCUT2D eigenvalue weighted by Crippen LogP contribution is -2.33. The minimum atomic E-state index is -1.00. The van der Waals surface area contributed by atoms with Gasteiger partial charge in [-0.3, -0.25) is 14.9 Å². The Labute approximate surface area is 254 Å². The molecule has 1 amide bonds. The molecule has 4 rings (SSSR count). The molecule has 4 aromatic carbocycles. The van der Waals surface area contributed by atoms with Crippen molar-refractivity contribution < 1.29 is 33.5 Å². The van der Waals surface area contributed by atoms with Gasteiger partial charge in [0.25, 0.3) is 11.6 Å². The van der Waals surface area contributed by atoms with Crippen molar-refractivity contribution in [3.05, 3.63) is 128 Å². The molecule has 11 nitrogen and oxygen atoms in total. The predicted molar refractivity (Wildman–Crippen MR) is 158 cm³/mol. The van der Waals surface area contributed by atoms with Gasteiger partial charge < -0.3 is 14.2 Å². The fraction of sp³-hybridized carbons (Fsp3) is 0.0667. The highest BCUT2D eigenvalue weighted by Crippen LogP contribution is 2.26. The van der Waals surface area contributed by atoms with E-state index in [1.54, 1.807) is 12.1 Å². The number of hydrazone groups is 1. The molecule has 4 aromatic rings. The number of nitro benzene ring substituents is 1. The van der Waals surface area contributed by atoms with Crippen LogP contribution in [-0.2, 0) is 4.79 Å². The standard InChI is InChI=1S/C30H21Cl2N3O8/c1-18(41-25-14-11-24(12-15-25)35(39)40)28(36)34-33-17-21-6-13-26(42-29(37)19-2-7-22(31)8-3-19)16-27(21)43-30(38)20-4-9-23(32)10-5-20/h2-18H,1H3,(H,34,36)/b33-17-/t18-/m0/s1. The van der Waals surface area contributed by atoms with Crippen molar-refractivity contribution in [2.24, 2.45) is 5.10 Å². The van der Waals surface area contributed by atoms with Crippen molar-refractivity contribution in [1.82, 2.24) is 5.43 Å². The topological polar surface area (TPSA) is 146 Å². The molecule has 1 N–H and O–H groups in total. The Balaban J connectivity index is 1.49. The quantitative estimate of drug-likeness (QED) is 0.0717. The number of hydrogen-bond donors (Lipinski definition) is 1. The molecule has 13 heteroatoms. The van der Waals surface area contributed by atoms with E-state index in [4.69, 9.17) is 37.4 Å². The van der Waals surface area contributed by atoms with Gasteiger partial charge in [0.1, 0.15) is 17.2 Å². The summed E-state index contributed by atoms with van der Waals surface area (Å²) in [5.41, 5.74) is 2.92. The van der Waals surface area contributed by atoms with E-state index in [-0.39, 0.29) is 39.6 Å². The molecular weight excluding hydrogens is 601 g/mol. The average molecular weight is 622 g/mol. The number of benzene rings is 4. The van der Waals surface area contributed by atoms with Crippen molar-refractivity contribution in [2.45, 2.75) is 13.0 Å². The van der Waals surface area contributed by atoms with Crippen LogP contribution < -0.4 is 19.6 Å². The molecule has 0 saturated carbocycles. The van der Waals surface area contributed by atoms with Crippen molar-refractivity contribution in [1.29, 1.82) is 0 Å². The van der Waals surface area contributed by atoms with Gasteiger partial charge in [-0.2, -0.15) is 5.10 Å². The molecule has 0 radical (unpaired) electrons. The number of nitrogens with one attached hydrogen (secondary N) is 1. The zero-order valence-electron chi connectivity index (χ0n) is 22.2. The largest absolute Gasteiger partial charge is 0.481 e. The molecule has 0 fully saturated rings. The molecule has 0 spiro atoms. The zero-order chi connectivity index (χ0) is 30.9. The van der Waals surface area contributed by atoms with E-state index in [1.807, 2.05) is 0 Å². The molecule has 218 valence electrons. The number of nitro groups is 1. The van der Waals surface area contributed by atoms with Crippen LogP contribution in [0.5, 0.6) is 17.2 Å². The van der Waals surface area contributed by atoms with E-state index in [2.05, 4.69) is 10.5 Å². The highest BCUT2D eigenvalue weighted by atomic mass is 35.5. The van der Waals surface area contributed by atoms with E-state index < -0.39 is 28.9 Å². The summed E-state index contributed by atoms with van der Waals surface area (Å²) in [6, 6.07) is 21.6. The van der Waals surface area contributed by atoms with E-state index in [9.17, 15) is 24.5 Å². The normalized spacial score (nSPS) is 11.4. The first-order valence-corrected chi connectivity index (χ1v) is 13.2. The van der Waals surface area contributed by atoms with Crippen LogP contribution in [0.25, 0.3) is 0 Å². The third-order valence-corrected chi connectivity index (χ3v) is 6.17. The predicted octanol–water partition coefficient (Wildman–Crippen LogP) is 6.26. The highest BCUT2D eigenvalue weighted by molar-refractivity contribution is 6.31. The number of hydrogen-bond acceptors (Lipinski definition) is 9. The number of esters is 2. The maximum atomic E-state index is 12.8. The van der Waals surface area contributed by atoms with Crippen LogP contribution in [0.1, 0.15) is 33.2 Å². The lowest BCUT2D eigenvalue weighted by Gasteiger charge is -2.13. The highest BCUT2D eigenvalue weighted by Gasteiger charge is 2.17. The molecule has 0 aliphatic heterocycles. The molecule has 0 aliphatic carbocycles. The Morgan fingerprint density at radius 1 is 0.814 bits per heavy atom. The van der Waals surface area contributed by atoms with Crippen LogP contribution in [0.3, 0.4) is 0 Å². The second-order valence-electron chi connectivity index (χ2n) is 8.74. The molecule has 0 unspecified atom stereocenters. The number of rotatable bonds is 10. The van der Waals surface area contributed by atoms with E-state index in [1.165, 1.54) is 92.0 Å². The van der Waals surface area contributed by atoms with Crippen molar-refractivity contribution in [2.75, 3.05) is 0 Å². The van der Waals surface area contributed by atoms with Crippen LogP contribution >= 0.6 is 23.2 Å². The Bertz CT molecular complexity index is 1680. The number of amides is 1. The summed E-state index contributed by atoms with van der Waals surface area (Å²) in [6.07, 6.45) is 0.224. The van der Waals surface area contributed by atoms with Crippen LogP contribution in [0.15, 0.2) is 96.1 Å². The summed E-state index contributed by atoms with van der Waals surface area (Å²) >= 11 is 11.8. The van der Waals surface area contributed by atoms with Crippen LogP contribution in [0.2, 0.25) is 10.0 Å². The van der Waals surface area contributed by atoms with Gasteiger partial charge in [0.15, 0.2) is 6.10 Å². The van der Waals surface area contributed by atoms with Crippen molar-refractivity contribution >= 4 is 52.9 Å². The molecule has 0 aromatic heterocycles. The molecular formula is C30H21Cl2N3O8. The summed E-state index contributed by atoms with van der Waals surface area (Å²) in [7, 11) is 0. The molecule has 0 bridgehead atoms. The molecule has 1 atom stereocenters. The number of nitrogens with zero attached hydrogens (tertiary/aromatic N) is 2. The molecule has 0 saturated heterocycles. The van der Waals surface area contributed by atoms with Gasteiger partial charge in [-0.05, 0) is 79.7 Å². The first-order chi connectivity index (χ1) is 20.6. The monoisotopic (exact) mass is 621 g/mol. The van der Waals surface area contributed by atoms with Gasteiger partial charge in [0, 0.05) is 33.8 Å². The van der Waals surface area contributed by atoms with Gasteiger partial charge in [-0.25, -0.2) is 15.0 Å². The van der Waals surface area contributed by atoms with Gasteiger partial charge in [0.2, 0.25) is 0 Å². The van der Waals surface area contributed by atoms with Gasteiger partial charge in [-0.1, -0.05) is 23.2 Å². The second-order valence-corrected chi connectivity index (χ2v) is 9.61. The molecule has 0 aliphatic rings. The third kappa shape index (κ3) is 8.62. The van der Waals surface area contributed by atoms with E-state index in [0.29, 0.717) is 10.0 Å². The summed E-state index contributed by atoms with van der Waals surface area (Å²) in [5, 5.41) is 15.6. The summed E-state index contributed by atoms with van der Waals surface area (Å²) in [4.78, 5) is 48.2. The van der Waals surface area contributed by atoms with Gasteiger partial charge in [0.05, 0.1) is 22.3 Å². The van der Waals surface area contributed by atoms with Crippen molar-refractivity contribution in [3.8, 4) is 17.2 Å². The van der Waals surface area contributed by atoms with E-state index >= 15 is 0 Å². The summed E-state index contributed by atoms with van der Waals surface area (Å²) in [6.45, 7) is 1.47. The lowest BCUT2D eigenvalue weighted by molar-refractivity contribution is -0.384. The Morgan fingerprint density at radius 3 is 1.91 bits per heavy atom. The van der Waals surface area contributed by atoms with Gasteiger partial charge in [-0.15, -0.1) is 0 Å². The number of ether oxygens (including phenoxy) is 3. The van der Waals surface area contributed by atoms with E-state index in [0.717, 1.165) is 0 Å². The number of carbonyl (C=O) groups is 3. The Hall–Kier alpha value is -5.26. The lowest BCUT2D eigenvalue weighted by atomic mass is 10.2. The number of non-ortho nitro benzene ring substituents is 1. The fourth-order valence-corrected chi connectivity index (χ4v) is 3.68. The fourth-order valence-electron chi connectivity index (χ4n) is 3.43. The summed E-state index contributed by atoms with van der Waals surface area (Å²) < 4.78 is 16.5. The minimum Gasteiger partial charge on any atom is -0.481 e.